The Morgan fingerprint density at radius 1 is 1.12 bits per heavy atom. The molecule has 0 aromatic heterocycles. The molecule has 0 saturated carbocycles. The van der Waals surface area contributed by atoms with Gasteiger partial charge in [-0.1, -0.05) is 36.0 Å². The Morgan fingerprint density at radius 2 is 1.83 bits per heavy atom. The van der Waals surface area contributed by atoms with E-state index < -0.39 is 0 Å². The summed E-state index contributed by atoms with van der Waals surface area (Å²) in [6, 6.07) is 11.7. The van der Waals surface area contributed by atoms with E-state index in [0.29, 0.717) is 0 Å². The molecule has 2 aromatic carbocycles. The zero-order valence-electron chi connectivity index (χ0n) is 13.4. The molecule has 0 aliphatic carbocycles. The molecule has 0 radical (unpaired) electrons. The summed E-state index contributed by atoms with van der Waals surface area (Å²) in [4.78, 5) is 4.19. The van der Waals surface area contributed by atoms with Crippen molar-refractivity contribution >= 4 is 28.7 Å². The molecule has 3 nitrogen and oxygen atoms in total. The van der Waals surface area contributed by atoms with Crippen LogP contribution in [0.3, 0.4) is 0 Å². The number of rotatable bonds is 4. The molecule has 2 N–H and O–H groups in total. The number of hydrogen-bond donors (Lipinski definition) is 2. The summed E-state index contributed by atoms with van der Waals surface area (Å²) in [6.07, 6.45) is 3.66. The lowest BCUT2D eigenvalue weighted by atomic mass is 10.0. The minimum Gasteiger partial charge on any atom is -0.504 e. The highest BCUT2D eigenvalue weighted by Gasteiger charge is 2.21. The van der Waals surface area contributed by atoms with E-state index in [9.17, 15) is 10.2 Å². The summed E-state index contributed by atoms with van der Waals surface area (Å²) >= 11 is 1.52. The molecule has 1 aliphatic rings. The second kappa shape index (κ2) is 8.60. The molecule has 1 heterocycles. The van der Waals surface area contributed by atoms with Gasteiger partial charge in [-0.15, -0.1) is 23.6 Å². The molecule has 2 aromatic rings. The van der Waals surface area contributed by atoms with E-state index in [4.69, 9.17) is 0 Å². The number of halogens is 1. The van der Waals surface area contributed by atoms with Gasteiger partial charge in [-0.05, 0) is 42.2 Å². The van der Waals surface area contributed by atoms with Crippen molar-refractivity contribution in [2.45, 2.75) is 22.6 Å². The van der Waals surface area contributed by atoms with Crippen molar-refractivity contribution in [1.82, 2.24) is 4.90 Å². The van der Waals surface area contributed by atoms with Crippen molar-refractivity contribution in [2.24, 2.45) is 0 Å². The monoisotopic (exact) mass is 407 g/mol. The van der Waals surface area contributed by atoms with Crippen LogP contribution in [0.25, 0.3) is 0 Å². The highest BCUT2D eigenvalue weighted by Crippen LogP contribution is 2.44. The van der Waals surface area contributed by atoms with E-state index in [1.807, 2.05) is 36.4 Å². The van der Waals surface area contributed by atoms with Crippen LogP contribution in [0.5, 0.6) is 11.5 Å². The molecule has 0 spiro atoms. The molecule has 0 amide bonds. The molecule has 0 unspecified atom stereocenters. The fraction of sp³-hybridized carbons (Fsp3) is 0.263. The summed E-state index contributed by atoms with van der Waals surface area (Å²) in [5.41, 5.74) is 2.28. The topological polar surface area (TPSA) is 43.7 Å². The molecule has 0 fully saturated rings. The first kappa shape index (κ1) is 18.9. The van der Waals surface area contributed by atoms with Gasteiger partial charge in [0.2, 0.25) is 0 Å². The van der Waals surface area contributed by atoms with E-state index in [1.165, 1.54) is 11.8 Å². The number of phenolic OH excluding ortho intramolecular Hbond substituents is 2. The number of fused-ring (bicyclic) bond motifs is 1. The van der Waals surface area contributed by atoms with Gasteiger partial charge in [-0.3, -0.25) is 4.90 Å². The van der Waals surface area contributed by atoms with Crippen molar-refractivity contribution in [1.29, 1.82) is 0 Å². The third-order valence-electron chi connectivity index (χ3n) is 4.16. The summed E-state index contributed by atoms with van der Waals surface area (Å²) < 4.78 is 0. The molecule has 5 heteroatoms. The zero-order chi connectivity index (χ0) is 16.2. The number of hydrogen-bond acceptors (Lipinski definition) is 4. The van der Waals surface area contributed by atoms with Gasteiger partial charge in [0.15, 0.2) is 11.5 Å². The van der Waals surface area contributed by atoms with Crippen molar-refractivity contribution in [3.8, 4) is 11.5 Å². The highest BCUT2D eigenvalue weighted by atomic mass is 79.9. The maximum absolute atomic E-state index is 10.4. The Balaban J connectivity index is 0.00000208. The molecule has 3 rings (SSSR count). The first-order chi connectivity index (χ1) is 11.2. The van der Waals surface area contributed by atoms with Crippen LogP contribution in [0.4, 0.5) is 0 Å². The van der Waals surface area contributed by atoms with Crippen LogP contribution in [-0.4, -0.2) is 34.7 Å². The maximum atomic E-state index is 10.4. The summed E-state index contributed by atoms with van der Waals surface area (Å²) in [6.45, 7) is 6.56. The van der Waals surface area contributed by atoms with Crippen molar-refractivity contribution in [2.75, 3.05) is 19.6 Å². The van der Waals surface area contributed by atoms with Gasteiger partial charge in [-0.25, -0.2) is 0 Å². The predicted molar refractivity (Wildman–Crippen MR) is 105 cm³/mol. The number of phenols is 2. The molecule has 24 heavy (non-hydrogen) atoms. The molecule has 1 aliphatic heterocycles. The quantitative estimate of drug-likeness (QED) is 0.581. The molecule has 0 bridgehead atoms. The second-order valence-corrected chi connectivity index (χ2v) is 6.80. The average molecular weight is 408 g/mol. The Kier molecular flexibility index (Phi) is 6.78. The lowest BCUT2D eigenvalue weighted by Gasteiger charge is -2.17. The van der Waals surface area contributed by atoms with Crippen molar-refractivity contribution in [3.05, 3.63) is 60.2 Å². The fourth-order valence-corrected chi connectivity index (χ4v) is 4.05. The van der Waals surface area contributed by atoms with Crippen LogP contribution in [0.15, 0.2) is 58.8 Å². The van der Waals surface area contributed by atoms with Crippen LogP contribution in [0.1, 0.15) is 11.1 Å². The average Bonchev–Trinajstić information content (AvgIpc) is 2.76. The molecule has 0 atom stereocenters. The zero-order valence-corrected chi connectivity index (χ0v) is 16.0. The largest absolute Gasteiger partial charge is 0.504 e. The normalized spacial score (nSPS) is 14.3. The molecule has 0 saturated heterocycles. The van der Waals surface area contributed by atoms with Gasteiger partial charge in [0, 0.05) is 24.5 Å². The van der Waals surface area contributed by atoms with Gasteiger partial charge < -0.3 is 10.2 Å². The number of aromatic hydroxyl groups is 2. The van der Waals surface area contributed by atoms with Crippen molar-refractivity contribution < 1.29 is 10.2 Å². The predicted octanol–water partition coefficient (Wildman–Crippen LogP) is 4.41. The lowest BCUT2D eigenvalue weighted by Crippen LogP contribution is -2.26. The SMILES string of the molecule is Br.C=CCN1CCc2cc(O)c(O)c(Sc3ccccc3)c2CC1. The van der Waals surface area contributed by atoms with E-state index in [0.717, 1.165) is 53.4 Å². The van der Waals surface area contributed by atoms with E-state index in [2.05, 4.69) is 11.5 Å². The molecule has 128 valence electrons. The third kappa shape index (κ3) is 4.15. The molecular weight excluding hydrogens is 386 g/mol. The summed E-state index contributed by atoms with van der Waals surface area (Å²) in [5, 5.41) is 20.5. The van der Waals surface area contributed by atoms with Crippen molar-refractivity contribution in [3.63, 3.8) is 0 Å². The minimum absolute atomic E-state index is 0. The Bertz CT molecular complexity index is 706. The Hall–Kier alpha value is -1.43. The van der Waals surface area contributed by atoms with Gasteiger partial charge in [0.05, 0.1) is 4.90 Å². The lowest BCUT2D eigenvalue weighted by molar-refractivity contribution is 0.318. The Morgan fingerprint density at radius 3 is 2.54 bits per heavy atom. The van der Waals surface area contributed by atoms with Crippen LogP contribution in [0, 0.1) is 0 Å². The number of nitrogens with zero attached hydrogens (tertiary/aromatic N) is 1. The van der Waals surface area contributed by atoms with E-state index >= 15 is 0 Å². The van der Waals surface area contributed by atoms with Gasteiger partial charge in [0.1, 0.15) is 0 Å². The fourth-order valence-electron chi connectivity index (χ4n) is 2.96. The van der Waals surface area contributed by atoms with Crippen LogP contribution >= 0.6 is 28.7 Å². The number of benzene rings is 2. The van der Waals surface area contributed by atoms with Crippen LogP contribution in [0.2, 0.25) is 0 Å². The first-order valence-electron chi connectivity index (χ1n) is 7.82. The maximum Gasteiger partial charge on any atom is 0.171 e. The standard InChI is InChI=1S/C19H21NO2S.BrH/c1-2-10-20-11-8-14-13-17(21)18(22)19(16(14)9-12-20)23-15-6-4-3-5-7-15;/h2-7,13,21-22H,1,8-12H2;1H. The van der Waals surface area contributed by atoms with Gasteiger partial charge >= 0.3 is 0 Å². The van der Waals surface area contributed by atoms with Gasteiger partial charge in [0.25, 0.3) is 0 Å². The Labute approximate surface area is 157 Å². The minimum atomic E-state index is -0.0284. The summed E-state index contributed by atoms with van der Waals surface area (Å²) in [5.74, 6) is -0.0332. The third-order valence-corrected chi connectivity index (χ3v) is 5.31. The molecular formula is C19H22BrNO2S. The van der Waals surface area contributed by atoms with Gasteiger partial charge in [-0.2, -0.15) is 0 Å². The van der Waals surface area contributed by atoms with E-state index in [-0.39, 0.29) is 28.5 Å². The smallest absolute Gasteiger partial charge is 0.171 e. The van der Waals surface area contributed by atoms with Crippen LogP contribution < -0.4 is 0 Å². The second-order valence-electron chi connectivity index (χ2n) is 5.72. The highest BCUT2D eigenvalue weighted by molar-refractivity contribution is 8.93. The van der Waals surface area contributed by atoms with Crippen LogP contribution in [-0.2, 0) is 12.8 Å². The van der Waals surface area contributed by atoms with E-state index in [1.54, 1.807) is 6.07 Å². The summed E-state index contributed by atoms with van der Waals surface area (Å²) in [7, 11) is 0. The first-order valence-corrected chi connectivity index (χ1v) is 8.63.